The van der Waals surface area contributed by atoms with E-state index in [0.717, 1.165) is 43.7 Å². The van der Waals surface area contributed by atoms with Gasteiger partial charge in [0.2, 0.25) is 5.78 Å². The molecule has 0 bridgehead atoms. The maximum Gasteiger partial charge on any atom is 0.205 e. The van der Waals surface area contributed by atoms with Gasteiger partial charge >= 0.3 is 0 Å². The van der Waals surface area contributed by atoms with Gasteiger partial charge in [-0.1, -0.05) is 83.9 Å². The fourth-order valence-electron chi connectivity index (χ4n) is 4.20. The van der Waals surface area contributed by atoms with Crippen molar-refractivity contribution in [1.29, 1.82) is 0 Å². The van der Waals surface area contributed by atoms with E-state index >= 15 is 0 Å². The Balaban J connectivity index is 1.76. The van der Waals surface area contributed by atoms with Crippen molar-refractivity contribution in [3.8, 4) is 22.4 Å². The van der Waals surface area contributed by atoms with Crippen LogP contribution < -0.4 is 5.73 Å². The highest BCUT2D eigenvalue weighted by molar-refractivity contribution is 7.21. The number of anilines is 1. The molecule has 4 heteroatoms. The molecule has 0 saturated heterocycles. The number of hydrogen-bond acceptors (Lipinski definition) is 4. The Morgan fingerprint density at radius 1 is 0.818 bits per heavy atom. The van der Waals surface area contributed by atoms with Crippen LogP contribution in [0, 0.1) is 20.8 Å². The summed E-state index contributed by atoms with van der Waals surface area (Å²) in [5.41, 5.74) is 15.1. The molecule has 3 aromatic carbocycles. The minimum Gasteiger partial charge on any atom is -0.397 e. The van der Waals surface area contributed by atoms with Gasteiger partial charge in [0, 0.05) is 16.5 Å². The minimum absolute atomic E-state index is 0.0517. The molecule has 0 aliphatic carbocycles. The fourth-order valence-corrected chi connectivity index (χ4v) is 5.27. The summed E-state index contributed by atoms with van der Waals surface area (Å²) in [4.78, 5) is 19.8. The summed E-state index contributed by atoms with van der Waals surface area (Å²) in [5, 5.41) is 0.844. The van der Waals surface area contributed by atoms with Crippen LogP contribution in [0.4, 0.5) is 5.69 Å². The van der Waals surface area contributed by atoms with Gasteiger partial charge in [-0.25, -0.2) is 4.98 Å². The molecule has 2 aromatic heterocycles. The van der Waals surface area contributed by atoms with Crippen molar-refractivity contribution >= 4 is 33.0 Å². The zero-order valence-corrected chi connectivity index (χ0v) is 19.7. The van der Waals surface area contributed by atoms with E-state index < -0.39 is 0 Å². The number of nitrogens with two attached hydrogens (primary N) is 1. The summed E-state index contributed by atoms with van der Waals surface area (Å²) >= 11 is 1.37. The number of carbonyl (C=O) groups is 1. The van der Waals surface area contributed by atoms with Gasteiger partial charge < -0.3 is 5.73 Å². The Kier molecular flexibility index (Phi) is 5.31. The number of hydrogen-bond donors (Lipinski definition) is 1. The molecule has 3 nitrogen and oxygen atoms in total. The topological polar surface area (TPSA) is 56.0 Å². The third-order valence-corrected chi connectivity index (χ3v) is 7.06. The number of ketones is 1. The second kappa shape index (κ2) is 8.30. The molecule has 162 valence electrons. The second-order valence-electron chi connectivity index (χ2n) is 8.46. The number of fused-ring (bicyclic) bond motifs is 1. The number of nitrogens with zero attached hydrogens (tertiary/aromatic N) is 1. The van der Waals surface area contributed by atoms with Crippen molar-refractivity contribution in [3.63, 3.8) is 0 Å². The molecule has 0 spiro atoms. The van der Waals surface area contributed by atoms with Gasteiger partial charge in [0.1, 0.15) is 9.71 Å². The van der Waals surface area contributed by atoms with Crippen molar-refractivity contribution in [2.45, 2.75) is 20.8 Å². The van der Waals surface area contributed by atoms with Gasteiger partial charge in [-0.15, -0.1) is 11.3 Å². The van der Waals surface area contributed by atoms with Crippen LogP contribution in [0.25, 0.3) is 32.6 Å². The summed E-state index contributed by atoms with van der Waals surface area (Å²) in [6.07, 6.45) is 0. The van der Waals surface area contributed by atoms with Gasteiger partial charge in [0.05, 0.1) is 11.4 Å². The lowest BCUT2D eigenvalue weighted by Crippen LogP contribution is -2.04. The summed E-state index contributed by atoms with van der Waals surface area (Å²) in [7, 11) is 0. The van der Waals surface area contributed by atoms with E-state index in [1.165, 1.54) is 16.9 Å². The molecular formula is C29H24N2OS. The predicted molar refractivity (Wildman–Crippen MR) is 139 cm³/mol. The lowest BCUT2D eigenvalue weighted by atomic mass is 9.97. The average Bonchev–Trinajstić information content (AvgIpc) is 3.16. The zero-order chi connectivity index (χ0) is 23.1. The highest BCUT2D eigenvalue weighted by atomic mass is 32.1. The molecular weight excluding hydrogens is 424 g/mol. The molecule has 0 amide bonds. The first-order valence-corrected chi connectivity index (χ1v) is 11.7. The van der Waals surface area contributed by atoms with Crippen LogP contribution in [-0.2, 0) is 0 Å². The summed E-state index contributed by atoms with van der Waals surface area (Å²) in [5.74, 6) is -0.0517. The van der Waals surface area contributed by atoms with Gasteiger partial charge in [0.25, 0.3) is 0 Å². The van der Waals surface area contributed by atoms with Gasteiger partial charge in [-0.05, 0) is 43.5 Å². The van der Waals surface area contributed by atoms with Crippen LogP contribution in [0.5, 0.6) is 0 Å². The quantitative estimate of drug-likeness (QED) is 0.292. The Bertz CT molecular complexity index is 1500. The number of pyridine rings is 1. The molecule has 0 unspecified atom stereocenters. The molecule has 5 rings (SSSR count). The normalized spacial score (nSPS) is 11.1. The van der Waals surface area contributed by atoms with Crippen LogP contribution in [0.1, 0.15) is 31.9 Å². The van der Waals surface area contributed by atoms with E-state index in [0.29, 0.717) is 16.1 Å². The van der Waals surface area contributed by atoms with Gasteiger partial charge in [-0.2, -0.15) is 0 Å². The largest absolute Gasteiger partial charge is 0.397 e. The number of carbonyl (C=O) groups excluding carboxylic acids is 1. The lowest BCUT2D eigenvalue weighted by Gasteiger charge is -2.09. The summed E-state index contributed by atoms with van der Waals surface area (Å²) in [6, 6.07) is 26.4. The van der Waals surface area contributed by atoms with Crippen LogP contribution in [-0.4, -0.2) is 10.8 Å². The summed E-state index contributed by atoms with van der Waals surface area (Å²) in [6.45, 7) is 6.06. The van der Waals surface area contributed by atoms with Crippen molar-refractivity contribution in [2.24, 2.45) is 0 Å². The van der Waals surface area contributed by atoms with Crippen LogP contribution in [0.15, 0.2) is 78.9 Å². The van der Waals surface area contributed by atoms with Gasteiger partial charge in [0.15, 0.2) is 0 Å². The van der Waals surface area contributed by atoms with Crippen LogP contribution in [0.3, 0.4) is 0 Å². The van der Waals surface area contributed by atoms with E-state index in [9.17, 15) is 4.79 Å². The van der Waals surface area contributed by atoms with Crippen LogP contribution >= 0.6 is 11.3 Å². The highest BCUT2D eigenvalue weighted by Crippen LogP contribution is 2.42. The number of rotatable bonds is 4. The smallest absolute Gasteiger partial charge is 0.205 e. The third-order valence-electron chi connectivity index (χ3n) is 5.96. The van der Waals surface area contributed by atoms with Crippen molar-refractivity contribution in [1.82, 2.24) is 4.98 Å². The fraction of sp³-hybridized carbons (Fsp3) is 0.103. The Hall–Kier alpha value is -3.76. The minimum atomic E-state index is -0.0517. The zero-order valence-electron chi connectivity index (χ0n) is 18.8. The van der Waals surface area contributed by atoms with Crippen LogP contribution in [0.2, 0.25) is 0 Å². The first kappa shape index (κ1) is 21.1. The molecule has 0 atom stereocenters. The second-order valence-corrected chi connectivity index (χ2v) is 9.46. The average molecular weight is 449 g/mol. The molecule has 0 radical (unpaired) electrons. The Morgan fingerprint density at radius 2 is 1.52 bits per heavy atom. The molecule has 33 heavy (non-hydrogen) atoms. The van der Waals surface area contributed by atoms with E-state index in [1.54, 1.807) is 0 Å². The molecule has 2 heterocycles. The monoisotopic (exact) mass is 448 g/mol. The first-order chi connectivity index (χ1) is 15.9. The molecule has 0 aliphatic rings. The predicted octanol–water partition coefficient (Wildman–Crippen LogP) is 7.37. The maximum absolute atomic E-state index is 13.5. The number of nitrogen functional groups attached to an aromatic ring is 1. The van der Waals surface area contributed by atoms with Crippen molar-refractivity contribution < 1.29 is 4.79 Å². The van der Waals surface area contributed by atoms with E-state index in [1.807, 2.05) is 62.4 Å². The van der Waals surface area contributed by atoms with Gasteiger partial charge in [-0.3, -0.25) is 4.79 Å². The van der Waals surface area contributed by atoms with E-state index in [2.05, 4.69) is 37.3 Å². The number of benzene rings is 3. The molecule has 5 aromatic rings. The molecule has 0 saturated carbocycles. The number of aromatic nitrogens is 1. The number of aryl methyl sites for hydroxylation is 3. The standard InChI is InChI=1S/C29H24N2OS/c1-17-9-12-20(13-10-17)23-16-24(21-7-5-4-6-8-21)31-29-25(23)26(30)28(33-29)27(32)22-14-11-18(2)15-19(22)3/h4-16H,30H2,1-3H3. The number of thiophene rings is 1. The molecule has 0 fully saturated rings. The third kappa shape index (κ3) is 3.83. The van der Waals surface area contributed by atoms with Crippen molar-refractivity contribution in [2.75, 3.05) is 5.73 Å². The molecule has 2 N–H and O–H groups in total. The maximum atomic E-state index is 13.5. The SMILES string of the molecule is Cc1ccc(-c2cc(-c3ccccc3)nc3sc(C(=O)c4ccc(C)cc4C)c(N)c23)cc1. The van der Waals surface area contributed by atoms with E-state index in [4.69, 9.17) is 10.7 Å². The Morgan fingerprint density at radius 3 is 2.21 bits per heavy atom. The highest BCUT2D eigenvalue weighted by Gasteiger charge is 2.23. The van der Waals surface area contributed by atoms with E-state index in [-0.39, 0.29) is 5.78 Å². The van der Waals surface area contributed by atoms with Crippen molar-refractivity contribution in [3.05, 3.63) is 106 Å². The summed E-state index contributed by atoms with van der Waals surface area (Å²) < 4.78 is 0. The molecule has 0 aliphatic heterocycles. The lowest BCUT2D eigenvalue weighted by molar-refractivity contribution is 0.104. The first-order valence-electron chi connectivity index (χ1n) is 10.9. The Labute approximate surface area is 197 Å².